The van der Waals surface area contributed by atoms with Crippen LogP contribution in [0.2, 0.25) is 0 Å². The van der Waals surface area contributed by atoms with Crippen LogP contribution in [0, 0.1) is 3.57 Å². The summed E-state index contributed by atoms with van der Waals surface area (Å²) in [7, 11) is 1.94. The molecule has 1 heterocycles. The summed E-state index contributed by atoms with van der Waals surface area (Å²) in [4.78, 5) is 0. The molecule has 1 aromatic heterocycles. The highest BCUT2D eigenvalue weighted by Gasteiger charge is 2.09. The highest BCUT2D eigenvalue weighted by molar-refractivity contribution is 14.1. The first kappa shape index (κ1) is 14.6. The minimum atomic E-state index is 0.997. The van der Waals surface area contributed by atoms with Gasteiger partial charge in [-0.3, -0.25) is 4.68 Å². The number of nitrogens with one attached hydrogen (secondary N) is 1. The maximum Gasteiger partial charge on any atom is 0.0821 e. The summed E-state index contributed by atoms with van der Waals surface area (Å²) in [6.45, 7) is 0. The number of benzene rings is 2. The fraction of sp³-hybridized carbons (Fsp3) is 0.0625. The Morgan fingerprint density at radius 1 is 1.10 bits per heavy atom. The average molecular weight is 454 g/mol. The monoisotopic (exact) mass is 453 g/mol. The number of aromatic nitrogens is 2. The van der Waals surface area contributed by atoms with E-state index >= 15 is 0 Å². The molecule has 0 aliphatic rings. The number of nitrogens with zero attached hydrogens (tertiary/aromatic N) is 2. The molecule has 0 saturated heterocycles. The van der Waals surface area contributed by atoms with Crippen LogP contribution in [0.25, 0.3) is 11.3 Å². The van der Waals surface area contributed by atoms with E-state index in [4.69, 9.17) is 0 Å². The van der Waals surface area contributed by atoms with Gasteiger partial charge in [0, 0.05) is 27.6 Å². The van der Waals surface area contributed by atoms with Gasteiger partial charge in [0.15, 0.2) is 0 Å². The highest BCUT2D eigenvalue weighted by Crippen LogP contribution is 2.30. The zero-order chi connectivity index (χ0) is 14.8. The van der Waals surface area contributed by atoms with Crippen LogP contribution in [-0.4, -0.2) is 9.78 Å². The lowest BCUT2D eigenvalue weighted by Gasteiger charge is -2.09. The van der Waals surface area contributed by atoms with Gasteiger partial charge in [-0.1, -0.05) is 12.1 Å². The number of rotatable bonds is 3. The first-order chi connectivity index (χ1) is 10.1. The minimum absolute atomic E-state index is 0.997. The molecule has 106 valence electrons. The Bertz CT molecular complexity index is 746. The van der Waals surface area contributed by atoms with Crippen LogP contribution in [0.4, 0.5) is 11.4 Å². The number of halogens is 2. The summed E-state index contributed by atoms with van der Waals surface area (Å²) >= 11 is 5.85. The fourth-order valence-corrected chi connectivity index (χ4v) is 3.12. The molecule has 0 fully saturated rings. The molecule has 3 nitrogen and oxygen atoms in total. The van der Waals surface area contributed by atoms with E-state index in [-0.39, 0.29) is 0 Å². The first-order valence-electron chi connectivity index (χ1n) is 6.44. The lowest BCUT2D eigenvalue weighted by Crippen LogP contribution is -1.95. The zero-order valence-corrected chi connectivity index (χ0v) is 15.1. The van der Waals surface area contributed by atoms with E-state index < -0.39 is 0 Å². The van der Waals surface area contributed by atoms with E-state index in [0.29, 0.717) is 0 Å². The Balaban J connectivity index is 1.92. The molecule has 0 spiro atoms. The van der Waals surface area contributed by atoms with Crippen molar-refractivity contribution in [1.29, 1.82) is 0 Å². The van der Waals surface area contributed by atoms with Gasteiger partial charge >= 0.3 is 0 Å². The Morgan fingerprint density at radius 2 is 1.86 bits per heavy atom. The molecule has 0 saturated carbocycles. The number of anilines is 2. The Kier molecular flexibility index (Phi) is 4.30. The molecule has 0 aliphatic heterocycles. The van der Waals surface area contributed by atoms with Crippen LogP contribution in [-0.2, 0) is 7.05 Å². The number of aryl methyl sites for hydroxylation is 1. The van der Waals surface area contributed by atoms with Gasteiger partial charge < -0.3 is 5.32 Å². The van der Waals surface area contributed by atoms with Crippen molar-refractivity contribution in [2.45, 2.75) is 0 Å². The van der Waals surface area contributed by atoms with Gasteiger partial charge in [0.25, 0.3) is 0 Å². The molecule has 3 rings (SSSR count). The second-order valence-electron chi connectivity index (χ2n) is 4.68. The van der Waals surface area contributed by atoms with Crippen molar-refractivity contribution in [3.05, 3.63) is 62.8 Å². The van der Waals surface area contributed by atoms with E-state index in [9.17, 15) is 0 Å². The van der Waals surface area contributed by atoms with Crippen molar-refractivity contribution < 1.29 is 0 Å². The topological polar surface area (TPSA) is 29.9 Å². The molecule has 3 aromatic rings. The minimum Gasteiger partial charge on any atom is -0.356 e. The molecule has 5 heteroatoms. The summed E-state index contributed by atoms with van der Waals surface area (Å²) in [5.41, 5.74) is 4.33. The summed E-state index contributed by atoms with van der Waals surface area (Å²) in [5, 5.41) is 7.69. The maximum absolute atomic E-state index is 4.26. The fourth-order valence-electron chi connectivity index (χ4n) is 2.18. The molecule has 21 heavy (non-hydrogen) atoms. The smallest absolute Gasteiger partial charge is 0.0821 e. The van der Waals surface area contributed by atoms with Gasteiger partial charge in [-0.25, -0.2) is 0 Å². The van der Waals surface area contributed by atoms with E-state index in [1.54, 1.807) is 0 Å². The second kappa shape index (κ2) is 6.19. The van der Waals surface area contributed by atoms with Crippen molar-refractivity contribution in [1.82, 2.24) is 9.78 Å². The average Bonchev–Trinajstić information content (AvgIpc) is 2.81. The van der Waals surface area contributed by atoms with Crippen LogP contribution in [0.1, 0.15) is 0 Å². The second-order valence-corrected chi connectivity index (χ2v) is 6.78. The molecule has 0 aliphatic carbocycles. The maximum atomic E-state index is 4.26. The predicted molar refractivity (Wildman–Crippen MR) is 98.8 cm³/mol. The third kappa shape index (κ3) is 3.29. The summed E-state index contributed by atoms with van der Waals surface area (Å²) in [6, 6.07) is 16.6. The molecular formula is C16H13BrIN3. The standard InChI is InChI=1S/C16H13BrIN3/c1-21-16(15(17)10-19-21)11-3-2-4-14(9-11)20-13-7-5-12(18)6-8-13/h2-10,20H,1H3. The van der Waals surface area contributed by atoms with Crippen LogP contribution < -0.4 is 5.32 Å². The van der Waals surface area contributed by atoms with E-state index in [0.717, 1.165) is 27.1 Å². The lowest BCUT2D eigenvalue weighted by molar-refractivity contribution is 0.776. The first-order valence-corrected chi connectivity index (χ1v) is 8.31. The molecule has 1 N–H and O–H groups in total. The summed E-state index contributed by atoms with van der Waals surface area (Å²) < 4.78 is 4.09. The molecule has 0 atom stereocenters. The van der Waals surface area contributed by atoms with Crippen LogP contribution in [0.5, 0.6) is 0 Å². The van der Waals surface area contributed by atoms with Crippen molar-refractivity contribution in [3.8, 4) is 11.3 Å². The van der Waals surface area contributed by atoms with Crippen molar-refractivity contribution in [2.24, 2.45) is 7.05 Å². The molecule has 0 bridgehead atoms. The molecular weight excluding hydrogens is 441 g/mol. The van der Waals surface area contributed by atoms with Gasteiger partial charge in [0.05, 0.1) is 16.4 Å². The Morgan fingerprint density at radius 3 is 2.52 bits per heavy atom. The van der Waals surface area contributed by atoms with E-state index in [1.807, 2.05) is 24.0 Å². The predicted octanol–water partition coefficient (Wildman–Crippen LogP) is 5.20. The molecule has 0 unspecified atom stereocenters. The number of hydrogen-bond donors (Lipinski definition) is 1. The van der Waals surface area contributed by atoms with Crippen LogP contribution in [0.15, 0.2) is 59.2 Å². The van der Waals surface area contributed by atoms with Gasteiger partial charge in [-0.15, -0.1) is 0 Å². The van der Waals surface area contributed by atoms with Crippen molar-refractivity contribution in [2.75, 3.05) is 5.32 Å². The summed E-state index contributed by atoms with van der Waals surface area (Å²) in [5.74, 6) is 0. The van der Waals surface area contributed by atoms with Crippen LogP contribution >= 0.6 is 38.5 Å². The van der Waals surface area contributed by atoms with Crippen molar-refractivity contribution >= 4 is 49.9 Å². The quantitative estimate of drug-likeness (QED) is 0.552. The number of hydrogen-bond acceptors (Lipinski definition) is 2. The van der Waals surface area contributed by atoms with E-state index in [2.05, 4.69) is 91.4 Å². The molecule has 0 amide bonds. The van der Waals surface area contributed by atoms with Gasteiger partial charge in [-0.05, 0) is 74.9 Å². The zero-order valence-electron chi connectivity index (χ0n) is 11.3. The van der Waals surface area contributed by atoms with Gasteiger partial charge in [-0.2, -0.15) is 5.10 Å². The van der Waals surface area contributed by atoms with Crippen molar-refractivity contribution in [3.63, 3.8) is 0 Å². The van der Waals surface area contributed by atoms with Crippen LogP contribution in [0.3, 0.4) is 0 Å². The third-order valence-corrected chi connectivity index (χ3v) is 4.46. The van der Waals surface area contributed by atoms with Gasteiger partial charge in [0.2, 0.25) is 0 Å². The van der Waals surface area contributed by atoms with E-state index in [1.165, 1.54) is 3.57 Å². The third-order valence-electron chi connectivity index (χ3n) is 3.16. The highest BCUT2D eigenvalue weighted by atomic mass is 127. The SMILES string of the molecule is Cn1ncc(Br)c1-c1cccc(Nc2ccc(I)cc2)c1. The largest absolute Gasteiger partial charge is 0.356 e. The molecule has 2 aromatic carbocycles. The Labute approximate surface area is 145 Å². The summed E-state index contributed by atoms with van der Waals surface area (Å²) in [6.07, 6.45) is 1.81. The Hall–Kier alpha value is -1.34. The lowest BCUT2D eigenvalue weighted by atomic mass is 10.1. The van der Waals surface area contributed by atoms with Gasteiger partial charge in [0.1, 0.15) is 0 Å². The normalized spacial score (nSPS) is 10.6. The molecule has 0 radical (unpaired) electrons.